The van der Waals surface area contributed by atoms with Crippen molar-refractivity contribution in [1.82, 2.24) is 9.78 Å². The summed E-state index contributed by atoms with van der Waals surface area (Å²) in [5.74, 6) is 1.98. The molecule has 0 bridgehead atoms. The van der Waals surface area contributed by atoms with Crippen molar-refractivity contribution in [2.45, 2.75) is 6.54 Å². The lowest BCUT2D eigenvalue weighted by molar-refractivity contribution is 0.174. The fraction of sp³-hybridized carbons (Fsp3) is 0.111. The van der Waals surface area contributed by atoms with E-state index in [-0.39, 0.29) is 6.79 Å². The summed E-state index contributed by atoms with van der Waals surface area (Å²) in [6.07, 6.45) is 1.84. The maximum atomic E-state index is 6.24. The monoisotopic (exact) mass is 498 g/mol. The van der Waals surface area contributed by atoms with Crippen LogP contribution in [0.3, 0.4) is 0 Å². The van der Waals surface area contributed by atoms with E-state index in [1.165, 1.54) is 0 Å². The molecular formula is C18H13BrCl2N4O2S. The Balaban J connectivity index is 1.42. The fourth-order valence-electron chi connectivity index (χ4n) is 2.63. The van der Waals surface area contributed by atoms with Crippen LogP contribution < -0.4 is 20.1 Å². The van der Waals surface area contributed by atoms with Gasteiger partial charge in [-0.15, -0.1) is 0 Å². The number of rotatable bonds is 4. The van der Waals surface area contributed by atoms with Crippen LogP contribution in [-0.4, -0.2) is 21.7 Å². The van der Waals surface area contributed by atoms with Crippen molar-refractivity contribution in [2.24, 2.45) is 0 Å². The lowest BCUT2D eigenvalue weighted by atomic mass is 10.2. The summed E-state index contributed by atoms with van der Waals surface area (Å²) >= 11 is 21.1. The average Bonchev–Trinajstić information content (AvgIpc) is 3.23. The van der Waals surface area contributed by atoms with Crippen LogP contribution in [0.25, 0.3) is 0 Å². The third kappa shape index (κ3) is 4.35. The Hall–Kier alpha value is -2.00. The van der Waals surface area contributed by atoms with Crippen molar-refractivity contribution in [1.29, 1.82) is 0 Å². The van der Waals surface area contributed by atoms with Crippen LogP contribution in [0.5, 0.6) is 11.5 Å². The Morgan fingerprint density at radius 3 is 2.79 bits per heavy atom. The molecule has 0 spiro atoms. The second-order valence-corrected chi connectivity index (χ2v) is 8.01. The minimum absolute atomic E-state index is 0.226. The molecular weight excluding hydrogens is 487 g/mol. The van der Waals surface area contributed by atoms with E-state index in [1.807, 2.05) is 30.5 Å². The van der Waals surface area contributed by atoms with Gasteiger partial charge in [-0.05, 0) is 58.0 Å². The van der Waals surface area contributed by atoms with E-state index in [0.29, 0.717) is 39.0 Å². The molecule has 10 heteroatoms. The quantitative estimate of drug-likeness (QED) is 0.459. The Kier molecular flexibility index (Phi) is 5.63. The van der Waals surface area contributed by atoms with Gasteiger partial charge in [0, 0.05) is 28.0 Å². The number of nitrogens with one attached hydrogen (secondary N) is 2. The molecule has 0 amide bonds. The topological polar surface area (TPSA) is 60.3 Å². The largest absolute Gasteiger partial charge is 0.454 e. The Bertz CT molecular complexity index is 1060. The molecule has 2 N–H and O–H groups in total. The number of fused-ring (bicyclic) bond motifs is 1. The molecule has 144 valence electrons. The van der Waals surface area contributed by atoms with Gasteiger partial charge in [0.1, 0.15) is 0 Å². The third-order valence-corrected chi connectivity index (χ3v) is 5.30. The zero-order valence-corrected chi connectivity index (χ0v) is 18.1. The number of benzene rings is 2. The predicted octanol–water partition coefficient (Wildman–Crippen LogP) is 5.54. The van der Waals surface area contributed by atoms with Gasteiger partial charge in [0.05, 0.1) is 11.0 Å². The average molecular weight is 500 g/mol. The second-order valence-electron chi connectivity index (χ2n) is 5.91. The van der Waals surface area contributed by atoms with Crippen LogP contribution in [-0.2, 0) is 6.54 Å². The molecule has 0 unspecified atom stereocenters. The Morgan fingerprint density at radius 2 is 1.96 bits per heavy atom. The zero-order valence-electron chi connectivity index (χ0n) is 14.2. The number of ether oxygens (including phenoxy) is 2. The maximum Gasteiger partial charge on any atom is 0.231 e. The first-order chi connectivity index (χ1) is 13.5. The smallest absolute Gasteiger partial charge is 0.231 e. The van der Waals surface area contributed by atoms with Gasteiger partial charge in [0.2, 0.25) is 6.79 Å². The molecule has 3 aromatic rings. The molecule has 0 saturated carbocycles. The van der Waals surface area contributed by atoms with E-state index in [9.17, 15) is 0 Å². The maximum absolute atomic E-state index is 6.24. The van der Waals surface area contributed by atoms with Crippen molar-refractivity contribution in [2.75, 3.05) is 17.4 Å². The number of anilines is 2. The number of hydrogen-bond donors (Lipinski definition) is 2. The van der Waals surface area contributed by atoms with Crippen molar-refractivity contribution in [3.63, 3.8) is 0 Å². The van der Waals surface area contributed by atoms with Gasteiger partial charge in [-0.3, -0.25) is 4.68 Å². The summed E-state index contributed by atoms with van der Waals surface area (Å²) in [6, 6.07) is 10.9. The molecule has 4 rings (SSSR count). The van der Waals surface area contributed by atoms with E-state index in [1.54, 1.807) is 16.8 Å². The zero-order chi connectivity index (χ0) is 19.7. The van der Waals surface area contributed by atoms with Gasteiger partial charge in [-0.1, -0.05) is 29.3 Å². The van der Waals surface area contributed by atoms with Crippen molar-refractivity contribution in [3.05, 3.63) is 62.7 Å². The highest BCUT2D eigenvalue weighted by Gasteiger charge is 2.14. The fourth-order valence-corrected chi connectivity index (χ4v) is 3.73. The number of nitrogens with zero attached hydrogens (tertiary/aromatic N) is 2. The highest BCUT2D eigenvalue weighted by Crippen LogP contribution is 2.34. The molecule has 1 aromatic heterocycles. The highest BCUT2D eigenvalue weighted by atomic mass is 79.9. The lowest BCUT2D eigenvalue weighted by Crippen LogP contribution is -2.19. The van der Waals surface area contributed by atoms with Crippen LogP contribution in [0.2, 0.25) is 10.0 Å². The minimum Gasteiger partial charge on any atom is -0.454 e. The second kappa shape index (κ2) is 8.16. The first-order valence-electron chi connectivity index (χ1n) is 8.12. The van der Waals surface area contributed by atoms with Crippen LogP contribution in [0.15, 0.2) is 47.1 Å². The van der Waals surface area contributed by atoms with Crippen LogP contribution >= 0.6 is 51.3 Å². The van der Waals surface area contributed by atoms with Crippen molar-refractivity contribution < 1.29 is 9.47 Å². The Morgan fingerprint density at radius 1 is 1.14 bits per heavy atom. The van der Waals surface area contributed by atoms with E-state index < -0.39 is 0 Å². The molecule has 28 heavy (non-hydrogen) atoms. The SMILES string of the molecule is S=C(Nc1ccc2c(c1)OCO2)Nc1nn(Cc2ccc(Cl)cc2Cl)cc1Br. The summed E-state index contributed by atoms with van der Waals surface area (Å²) in [5.41, 5.74) is 1.69. The van der Waals surface area contributed by atoms with Gasteiger partial charge >= 0.3 is 0 Å². The van der Waals surface area contributed by atoms with Gasteiger partial charge in [-0.25, -0.2) is 0 Å². The van der Waals surface area contributed by atoms with Gasteiger partial charge < -0.3 is 20.1 Å². The lowest BCUT2D eigenvalue weighted by Gasteiger charge is -2.09. The highest BCUT2D eigenvalue weighted by molar-refractivity contribution is 9.10. The molecule has 2 aromatic carbocycles. The number of hydrogen-bond acceptors (Lipinski definition) is 4. The molecule has 1 aliphatic rings. The molecule has 0 aliphatic carbocycles. The molecule has 0 saturated heterocycles. The first-order valence-corrected chi connectivity index (χ1v) is 10.1. The van der Waals surface area contributed by atoms with Gasteiger partial charge in [0.25, 0.3) is 0 Å². The van der Waals surface area contributed by atoms with E-state index in [0.717, 1.165) is 15.7 Å². The third-order valence-electron chi connectivity index (χ3n) is 3.93. The minimum atomic E-state index is 0.226. The standard InChI is InChI=1S/C18H13BrCl2N4O2S/c19-13-8-25(7-10-1-2-11(20)5-14(10)21)24-17(13)23-18(28)22-12-3-4-15-16(6-12)27-9-26-15/h1-6,8H,7,9H2,(H2,22,23,24,28). The summed E-state index contributed by atoms with van der Waals surface area (Å²) in [7, 11) is 0. The molecule has 2 heterocycles. The van der Waals surface area contributed by atoms with E-state index in [4.69, 9.17) is 44.9 Å². The van der Waals surface area contributed by atoms with Crippen LogP contribution in [0.4, 0.5) is 11.5 Å². The first kappa shape index (κ1) is 19.3. The van der Waals surface area contributed by atoms with E-state index >= 15 is 0 Å². The Labute approximate surface area is 184 Å². The summed E-state index contributed by atoms with van der Waals surface area (Å²) < 4.78 is 13.2. The van der Waals surface area contributed by atoms with E-state index in [2.05, 4.69) is 31.7 Å². The molecule has 6 nitrogen and oxygen atoms in total. The molecule has 1 aliphatic heterocycles. The molecule has 0 atom stereocenters. The number of thiocarbonyl (C=S) groups is 1. The normalized spacial score (nSPS) is 12.1. The van der Waals surface area contributed by atoms with Gasteiger partial charge in [0.15, 0.2) is 22.4 Å². The molecule has 0 fully saturated rings. The summed E-state index contributed by atoms with van der Waals surface area (Å²) in [6.45, 7) is 0.724. The molecule has 0 radical (unpaired) electrons. The number of aromatic nitrogens is 2. The van der Waals surface area contributed by atoms with Gasteiger partial charge in [-0.2, -0.15) is 5.10 Å². The summed E-state index contributed by atoms with van der Waals surface area (Å²) in [5, 5.41) is 12.3. The predicted molar refractivity (Wildman–Crippen MR) is 118 cm³/mol. The summed E-state index contributed by atoms with van der Waals surface area (Å²) in [4.78, 5) is 0. The van der Waals surface area contributed by atoms with Crippen LogP contribution in [0.1, 0.15) is 5.56 Å². The number of halogens is 3. The van der Waals surface area contributed by atoms with Crippen molar-refractivity contribution in [3.8, 4) is 11.5 Å². The van der Waals surface area contributed by atoms with Crippen LogP contribution in [0, 0.1) is 0 Å². The van der Waals surface area contributed by atoms with Crippen molar-refractivity contribution >= 4 is 68.0 Å².